The Labute approximate surface area is 731 Å². The van der Waals surface area contributed by atoms with Crippen molar-refractivity contribution in [1.29, 1.82) is 0 Å². The standard InChI is InChI=1S/C18H34O2S2.C16H28O2S2.C15H28O2S2.C14H26O2S2.C13H22O2S2.C11H20O2S2/c1-17(19)13-9-5-3-4-6-10-14-18(20)22-16-12-8-7-11-15-21-2;1-13(17)14-7-9-15(10-8-14)16(18)20-12-6-4-3-5-11-19-2;1-14(16)10-7-5-3-4-6-8-11-15(17)19-13-9-12-18-2;1-13(15)9-5-6-10-14(16)18-12-8-4-3-7-11-17-2;1-10(14)11-4-6-12(7-5-11)13(15)17-9-3-8-16-2;1-10(12)6-3-4-7-11(13)15-9-5-8-14-2/h3-16H2,1-2H3;14-15H,3-12H2,1-2H3;3-13H2,1-2H3;3-12H2,1-2H3;11-12H,3-9H2,1-2H3;3-9H2,1-2H3. The maximum atomic E-state index is 12.1. The minimum atomic E-state index is 0.213. The van der Waals surface area contributed by atoms with Crippen LogP contribution in [-0.4, -0.2) is 172 Å². The van der Waals surface area contributed by atoms with Crippen LogP contribution < -0.4 is 0 Å². The van der Waals surface area contributed by atoms with Crippen LogP contribution >= 0.6 is 141 Å². The smallest absolute Gasteiger partial charge is 0.192 e. The summed E-state index contributed by atoms with van der Waals surface area (Å²) in [4.78, 5) is 135. The highest BCUT2D eigenvalue weighted by molar-refractivity contribution is 8.15. The summed E-state index contributed by atoms with van der Waals surface area (Å²) in [5, 5.41) is 2.03. The van der Waals surface area contributed by atoms with Gasteiger partial charge in [0.05, 0.1) is 0 Å². The summed E-state index contributed by atoms with van der Waals surface area (Å²) in [5.41, 5.74) is 0. The molecule has 0 heterocycles. The quantitative estimate of drug-likeness (QED) is 0.0519. The Morgan fingerprint density at radius 3 is 0.586 bits per heavy atom. The van der Waals surface area contributed by atoms with Gasteiger partial charge in [-0.15, -0.1) is 0 Å². The van der Waals surface area contributed by atoms with Gasteiger partial charge in [-0.1, -0.05) is 160 Å². The third kappa shape index (κ3) is 94.0. The molecule has 0 bridgehead atoms. The van der Waals surface area contributed by atoms with Crippen LogP contribution in [0.4, 0.5) is 0 Å². The second-order valence-corrected chi connectivity index (χ2v) is 42.0. The zero-order valence-corrected chi connectivity index (χ0v) is 81.6. The first-order valence-corrected chi connectivity index (χ1v) is 56.6. The van der Waals surface area contributed by atoms with Gasteiger partial charge < -0.3 is 19.2 Å². The monoisotopic (exact) mass is 1780 g/mol. The lowest BCUT2D eigenvalue weighted by Gasteiger charge is -2.25. The SMILES string of the molecule is CSCCCCCCSC(=O)C1CCC(C(C)=O)CC1.CSCCCCCCSC(=O)CCCCC(C)=O.CSCCCCCCSC(=O)CCCCCCCCC(C)=O.CSCCCSC(=O)C1CCC(C(C)=O)CC1.CSCCCSC(=O)CCCCC(C)=O.CSCCCSC(=O)CCCCCCCCC(C)=O. The van der Waals surface area contributed by atoms with Crippen LogP contribution in [-0.2, 0) is 57.5 Å². The molecule has 650 valence electrons. The molecule has 2 rings (SSSR count). The summed E-state index contributed by atoms with van der Waals surface area (Å²) in [6.07, 6.45) is 60.8. The Morgan fingerprint density at radius 2 is 0.351 bits per heavy atom. The van der Waals surface area contributed by atoms with Crippen molar-refractivity contribution in [3.63, 3.8) is 0 Å². The lowest BCUT2D eigenvalue weighted by molar-refractivity contribution is -0.123. The third-order valence-electron chi connectivity index (χ3n) is 18.7. The van der Waals surface area contributed by atoms with Gasteiger partial charge in [-0.05, 0) is 274 Å². The molecule has 2 aliphatic carbocycles. The molecular formula is C87H158O12S12. The topological polar surface area (TPSA) is 205 Å². The molecule has 2 fully saturated rings. The zero-order valence-electron chi connectivity index (χ0n) is 71.8. The van der Waals surface area contributed by atoms with Gasteiger partial charge >= 0.3 is 0 Å². The van der Waals surface area contributed by atoms with Crippen molar-refractivity contribution in [1.82, 2.24) is 0 Å². The molecule has 0 aromatic carbocycles. The molecule has 12 nitrogen and oxygen atoms in total. The molecule has 111 heavy (non-hydrogen) atoms. The lowest BCUT2D eigenvalue weighted by atomic mass is 9.81. The van der Waals surface area contributed by atoms with E-state index < -0.39 is 0 Å². The van der Waals surface area contributed by atoms with Gasteiger partial charge in [-0.3, -0.25) is 38.4 Å². The van der Waals surface area contributed by atoms with Crippen LogP contribution in [0.3, 0.4) is 0 Å². The van der Waals surface area contributed by atoms with Crippen LogP contribution in [0, 0.1) is 23.7 Å². The first-order valence-electron chi connectivity index (χ1n) is 42.3. The molecule has 0 aromatic heterocycles. The molecular weight excluding hydrogens is 1620 g/mol. The van der Waals surface area contributed by atoms with Crippen molar-refractivity contribution < 1.29 is 57.5 Å². The Morgan fingerprint density at radius 1 is 0.189 bits per heavy atom. The van der Waals surface area contributed by atoms with E-state index in [9.17, 15) is 57.5 Å². The normalized spacial score (nSPS) is 14.9. The van der Waals surface area contributed by atoms with Crippen molar-refractivity contribution >= 4 is 207 Å². The van der Waals surface area contributed by atoms with E-state index >= 15 is 0 Å². The second kappa shape index (κ2) is 92.5. The maximum absolute atomic E-state index is 12.1. The highest BCUT2D eigenvalue weighted by Gasteiger charge is 2.29. The molecule has 2 saturated carbocycles. The summed E-state index contributed by atoms with van der Waals surface area (Å²) in [7, 11) is 0. The fourth-order valence-corrected chi connectivity index (χ4v) is 20.4. The van der Waals surface area contributed by atoms with Crippen molar-refractivity contribution in [2.24, 2.45) is 23.7 Å². The third-order valence-corrected chi connectivity index (χ3v) is 29.1. The van der Waals surface area contributed by atoms with E-state index in [1.807, 2.05) is 70.6 Å². The van der Waals surface area contributed by atoms with Gasteiger partial charge in [0.1, 0.15) is 34.7 Å². The van der Waals surface area contributed by atoms with Gasteiger partial charge in [0.15, 0.2) is 30.7 Å². The molecule has 0 N–H and O–H groups in total. The largest absolute Gasteiger partial charge is 0.300 e. The number of unbranched alkanes of at least 4 members (excludes halogenated alkanes) is 21. The summed E-state index contributed by atoms with van der Waals surface area (Å²) in [5.74, 6) is 15.5. The van der Waals surface area contributed by atoms with Crippen LogP contribution in [0.25, 0.3) is 0 Å². The fraction of sp³-hybridized carbons (Fsp3) is 0.862. The zero-order chi connectivity index (χ0) is 83.4. The summed E-state index contributed by atoms with van der Waals surface area (Å²) >= 11 is 20.2. The molecule has 0 amide bonds. The Bertz CT molecular complexity index is 2300. The number of carbonyl (C=O) groups excluding carboxylic acids is 12. The van der Waals surface area contributed by atoms with Crippen molar-refractivity contribution in [3.8, 4) is 0 Å². The fourth-order valence-electron chi connectivity index (χ4n) is 11.8. The number of ketones is 6. The van der Waals surface area contributed by atoms with Gasteiger partial charge in [0, 0.05) is 110 Å². The molecule has 24 heteroatoms. The summed E-state index contributed by atoms with van der Waals surface area (Å²) in [6, 6.07) is 0. The Kier molecular flexibility index (Phi) is 98.0. The average Bonchev–Trinajstić information content (AvgIpc) is 0.885. The maximum Gasteiger partial charge on any atom is 0.192 e. The molecule has 0 aliphatic heterocycles. The number of Topliss-reactive ketones (excluding diaryl/α,β-unsaturated/α-hetero) is 6. The van der Waals surface area contributed by atoms with Gasteiger partial charge in [-0.25, -0.2) is 0 Å². The molecule has 0 saturated heterocycles. The minimum Gasteiger partial charge on any atom is -0.300 e. The van der Waals surface area contributed by atoms with E-state index in [0.717, 1.165) is 238 Å². The van der Waals surface area contributed by atoms with Crippen LogP contribution in [0.2, 0.25) is 0 Å². The lowest BCUT2D eigenvalue weighted by Crippen LogP contribution is -2.23. The molecule has 0 spiro atoms. The summed E-state index contributed by atoms with van der Waals surface area (Å²) in [6.45, 7) is 9.87. The second-order valence-electron chi connectivity index (χ2n) is 29.3. The first-order chi connectivity index (χ1) is 53.4. The predicted octanol–water partition coefficient (Wildman–Crippen LogP) is 26.0. The molecule has 0 aromatic rings. The number of hydrogen-bond acceptors (Lipinski definition) is 24. The van der Waals surface area contributed by atoms with Crippen molar-refractivity contribution in [3.05, 3.63) is 0 Å². The van der Waals surface area contributed by atoms with E-state index in [0.29, 0.717) is 74.4 Å². The van der Waals surface area contributed by atoms with Crippen molar-refractivity contribution in [2.75, 3.05) is 107 Å². The minimum absolute atomic E-state index is 0.213. The van der Waals surface area contributed by atoms with Gasteiger partial charge in [0.2, 0.25) is 0 Å². The number of carbonyl (C=O) groups is 12. The van der Waals surface area contributed by atoms with E-state index in [4.69, 9.17) is 0 Å². The van der Waals surface area contributed by atoms with E-state index in [1.54, 1.807) is 41.5 Å². The highest BCUT2D eigenvalue weighted by Crippen LogP contribution is 2.34. The number of rotatable bonds is 65. The molecule has 0 unspecified atom stereocenters. The van der Waals surface area contributed by atoms with E-state index in [2.05, 4.69) is 37.5 Å². The molecule has 0 radical (unpaired) electrons. The van der Waals surface area contributed by atoms with Crippen LogP contribution in [0.5, 0.6) is 0 Å². The predicted molar refractivity (Wildman–Crippen MR) is 510 cm³/mol. The average molecular weight is 1780 g/mol. The summed E-state index contributed by atoms with van der Waals surface area (Å²) < 4.78 is 0. The first kappa shape index (κ1) is 118. The van der Waals surface area contributed by atoms with Crippen LogP contribution in [0.15, 0.2) is 0 Å². The van der Waals surface area contributed by atoms with Crippen LogP contribution in [0.1, 0.15) is 343 Å². The Hall–Kier alpha value is 0.240. The number of hydrogen-bond donors (Lipinski definition) is 0. The van der Waals surface area contributed by atoms with Gasteiger partial charge in [-0.2, -0.15) is 70.6 Å². The number of thioether (sulfide) groups is 12. The van der Waals surface area contributed by atoms with E-state index in [1.165, 1.54) is 178 Å². The van der Waals surface area contributed by atoms with E-state index in [-0.39, 0.29) is 40.4 Å². The van der Waals surface area contributed by atoms with Gasteiger partial charge in [0.25, 0.3) is 0 Å². The molecule has 2 aliphatic rings. The Balaban J connectivity index is -0.000000621. The van der Waals surface area contributed by atoms with Crippen molar-refractivity contribution in [2.45, 2.75) is 343 Å². The highest BCUT2D eigenvalue weighted by atomic mass is 32.2. The molecule has 0 atom stereocenters.